The molecule has 4 nitrogen and oxygen atoms in total. The van der Waals surface area contributed by atoms with Crippen LogP contribution in [0.5, 0.6) is 11.7 Å². The molecule has 0 unspecified atom stereocenters. The number of Topliss-reactive ketones (excluding diaryl/α,β-unsaturated/α-hetero) is 1. The van der Waals surface area contributed by atoms with Crippen molar-refractivity contribution in [3.05, 3.63) is 23.8 Å². The van der Waals surface area contributed by atoms with E-state index in [1.165, 1.54) is 7.11 Å². The number of ether oxygens (including phenoxy) is 1. The molecule has 0 aliphatic rings. The molecule has 0 saturated carbocycles. The maximum atomic E-state index is 11.8. The van der Waals surface area contributed by atoms with Gasteiger partial charge in [-0.25, -0.2) is 0 Å². The first-order valence-electron chi connectivity index (χ1n) is 5.50. The lowest BCUT2D eigenvalue weighted by atomic mass is 10.0. The van der Waals surface area contributed by atoms with Crippen LogP contribution in [0.4, 0.5) is 0 Å². The molecular weight excluding hydrogens is 220 g/mol. The van der Waals surface area contributed by atoms with Gasteiger partial charge in [0.15, 0.2) is 5.78 Å². The minimum Gasteiger partial charge on any atom is -0.506 e. The van der Waals surface area contributed by atoms with Gasteiger partial charge in [-0.3, -0.25) is 4.79 Å². The molecule has 2 aromatic rings. The number of benzene rings is 1. The molecule has 0 spiro atoms. The van der Waals surface area contributed by atoms with E-state index in [-0.39, 0.29) is 11.5 Å². The van der Waals surface area contributed by atoms with Gasteiger partial charge >= 0.3 is 0 Å². The number of carbonyl (C=O) groups excluding carboxylic acids is 1. The fraction of sp³-hybridized carbons (Fsp3) is 0.308. The third-order valence-electron chi connectivity index (χ3n) is 2.63. The first kappa shape index (κ1) is 11.5. The summed E-state index contributed by atoms with van der Waals surface area (Å²) in [7, 11) is 1.48. The maximum absolute atomic E-state index is 11.8. The van der Waals surface area contributed by atoms with E-state index in [2.05, 4.69) is 0 Å². The quantitative estimate of drug-likeness (QED) is 0.825. The lowest BCUT2D eigenvalue weighted by Gasteiger charge is -2.02. The molecule has 90 valence electrons. The second-order valence-electron chi connectivity index (χ2n) is 3.82. The number of furan rings is 1. The second-order valence-corrected chi connectivity index (χ2v) is 3.82. The average molecular weight is 234 g/mol. The Morgan fingerprint density at radius 2 is 2.24 bits per heavy atom. The standard InChI is InChI=1S/C13H14O4/c1-3-4-10(14)8-5-6-11-9(13(8)15)7-12(16-2)17-11/h5-7,15H,3-4H2,1-2H3. The van der Waals surface area contributed by atoms with Crippen molar-refractivity contribution in [3.8, 4) is 11.7 Å². The Morgan fingerprint density at radius 1 is 1.47 bits per heavy atom. The lowest BCUT2D eigenvalue weighted by Crippen LogP contribution is -1.98. The van der Waals surface area contributed by atoms with Crippen molar-refractivity contribution in [1.29, 1.82) is 0 Å². The molecule has 0 atom stereocenters. The van der Waals surface area contributed by atoms with E-state index in [0.717, 1.165) is 6.42 Å². The summed E-state index contributed by atoms with van der Waals surface area (Å²) in [5.74, 6) is 0.218. The monoisotopic (exact) mass is 234 g/mol. The first-order chi connectivity index (χ1) is 8.17. The van der Waals surface area contributed by atoms with Crippen LogP contribution in [0.2, 0.25) is 0 Å². The summed E-state index contributed by atoms with van der Waals surface area (Å²) in [5, 5.41) is 10.5. The van der Waals surface area contributed by atoms with Crippen molar-refractivity contribution in [2.45, 2.75) is 19.8 Å². The van der Waals surface area contributed by atoms with E-state index in [4.69, 9.17) is 9.15 Å². The molecule has 4 heteroatoms. The summed E-state index contributed by atoms with van der Waals surface area (Å²) >= 11 is 0. The number of rotatable bonds is 4. The van der Waals surface area contributed by atoms with Crippen molar-refractivity contribution in [3.63, 3.8) is 0 Å². The minimum atomic E-state index is -0.0629. The van der Waals surface area contributed by atoms with E-state index in [1.54, 1.807) is 18.2 Å². The van der Waals surface area contributed by atoms with Crippen LogP contribution in [0.25, 0.3) is 11.0 Å². The van der Waals surface area contributed by atoms with Crippen LogP contribution in [0.1, 0.15) is 30.1 Å². The fourth-order valence-electron chi connectivity index (χ4n) is 1.76. The summed E-state index contributed by atoms with van der Waals surface area (Å²) in [6.07, 6.45) is 1.18. The molecule has 1 heterocycles. The van der Waals surface area contributed by atoms with Gasteiger partial charge in [0.2, 0.25) is 0 Å². The van der Waals surface area contributed by atoms with Gasteiger partial charge in [-0.1, -0.05) is 6.92 Å². The summed E-state index contributed by atoms with van der Waals surface area (Å²) in [5.41, 5.74) is 0.843. The van der Waals surface area contributed by atoms with E-state index in [9.17, 15) is 9.90 Å². The predicted octanol–water partition coefficient (Wildman–Crippen LogP) is 3.13. The molecule has 1 aromatic carbocycles. The molecule has 0 saturated heterocycles. The molecule has 0 aliphatic heterocycles. The highest BCUT2D eigenvalue weighted by atomic mass is 16.6. The number of phenols is 1. The first-order valence-corrected chi connectivity index (χ1v) is 5.50. The highest BCUT2D eigenvalue weighted by Gasteiger charge is 2.16. The number of methoxy groups -OCH3 is 1. The maximum Gasteiger partial charge on any atom is 0.285 e. The van der Waals surface area contributed by atoms with Crippen molar-refractivity contribution in [1.82, 2.24) is 0 Å². The van der Waals surface area contributed by atoms with Crippen LogP contribution in [0.15, 0.2) is 22.6 Å². The number of hydrogen-bond donors (Lipinski definition) is 1. The number of ketones is 1. The summed E-state index contributed by atoms with van der Waals surface area (Å²) in [4.78, 5) is 11.8. The largest absolute Gasteiger partial charge is 0.506 e. The molecule has 0 radical (unpaired) electrons. The molecule has 0 bridgehead atoms. The van der Waals surface area contributed by atoms with E-state index < -0.39 is 0 Å². The van der Waals surface area contributed by atoms with Crippen molar-refractivity contribution in [2.24, 2.45) is 0 Å². The molecule has 0 amide bonds. The Hall–Kier alpha value is -1.97. The van der Waals surface area contributed by atoms with Crippen molar-refractivity contribution >= 4 is 16.8 Å². The van der Waals surface area contributed by atoms with Crippen LogP contribution in [0, 0.1) is 0 Å². The normalized spacial score (nSPS) is 10.7. The molecule has 1 aromatic heterocycles. The van der Waals surface area contributed by atoms with Crippen LogP contribution in [-0.4, -0.2) is 18.0 Å². The van der Waals surface area contributed by atoms with Crippen LogP contribution < -0.4 is 4.74 Å². The number of hydrogen-bond acceptors (Lipinski definition) is 4. The van der Waals surface area contributed by atoms with E-state index in [1.807, 2.05) is 6.92 Å². The number of aromatic hydroxyl groups is 1. The number of phenolic OH excluding ortho intramolecular Hbond substituents is 1. The Balaban J connectivity index is 2.52. The molecular formula is C13H14O4. The Morgan fingerprint density at radius 3 is 2.88 bits per heavy atom. The molecule has 1 N–H and O–H groups in total. The SMILES string of the molecule is CCCC(=O)c1ccc2oc(OC)cc2c1O. The predicted molar refractivity (Wildman–Crippen MR) is 63.7 cm³/mol. The third kappa shape index (κ3) is 1.98. The summed E-state index contributed by atoms with van der Waals surface area (Å²) < 4.78 is 10.2. The molecule has 2 rings (SSSR count). The number of fused-ring (bicyclic) bond motifs is 1. The fourth-order valence-corrected chi connectivity index (χ4v) is 1.76. The highest BCUT2D eigenvalue weighted by molar-refractivity contribution is 6.03. The van der Waals surface area contributed by atoms with Gasteiger partial charge in [0.1, 0.15) is 11.3 Å². The van der Waals surface area contributed by atoms with Crippen LogP contribution in [-0.2, 0) is 0 Å². The van der Waals surface area contributed by atoms with Crippen molar-refractivity contribution < 1.29 is 19.1 Å². The van der Waals surface area contributed by atoms with Gasteiger partial charge in [-0.05, 0) is 18.6 Å². The van der Waals surface area contributed by atoms with Gasteiger partial charge in [0, 0.05) is 12.5 Å². The zero-order valence-corrected chi connectivity index (χ0v) is 9.82. The Bertz CT molecular complexity index is 554. The van der Waals surface area contributed by atoms with Gasteiger partial charge in [0.05, 0.1) is 18.1 Å². The van der Waals surface area contributed by atoms with Crippen LogP contribution >= 0.6 is 0 Å². The highest BCUT2D eigenvalue weighted by Crippen LogP contribution is 2.34. The van der Waals surface area contributed by atoms with Crippen LogP contribution in [0.3, 0.4) is 0 Å². The van der Waals surface area contributed by atoms with Crippen molar-refractivity contribution in [2.75, 3.05) is 7.11 Å². The summed E-state index contributed by atoms with van der Waals surface area (Å²) in [6, 6.07) is 4.83. The zero-order chi connectivity index (χ0) is 12.4. The Labute approximate surface area is 98.8 Å². The minimum absolute atomic E-state index is 0.0343. The van der Waals surface area contributed by atoms with E-state index in [0.29, 0.717) is 28.9 Å². The number of carbonyl (C=O) groups is 1. The van der Waals surface area contributed by atoms with Gasteiger partial charge in [-0.2, -0.15) is 0 Å². The second kappa shape index (κ2) is 4.49. The van der Waals surface area contributed by atoms with E-state index >= 15 is 0 Å². The summed E-state index contributed by atoms with van der Waals surface area (Å²) in [6.45, 7) is 1.92. The third-order valence-corrected chi connectivity index (χ3v) is 2.63. The van der Waals surface area contributed by atoms with Gasteiger partial charge in [-0.15, -0.1) is 0 Å². The average Bonchev–Trinajstić information content (AvgIpc) is 2.73. The lowest BCUT2D eigenvalue weighted by molar-refractivity contribution is 0.0979. The molecule has 0 aliphatic carbocycles. The molecule has 17 heavy (non-hydrogen) atoms. The Kier molecular flexibility index (Phi) is 3.04. The van der Waals surface area contributed by atoms with Gasteiger partial charge < -0.3 is 14.3 Å². The topological polar surface area (TPSA) is 59.7 Å². The van der Waals surface area contributed by atoms with Gasteiger partial charge in [0.25, 0.3) is 5.95 Å². The molecule has 0 fully saturated rings. The smallest absolute Gasteiger partial charge is 0.285 e. The zero-order valence-electron chi connectivity index (χ0n) is 9.82.